The molecule has 8 nitrogen and oxygen atoms in total. The van der Waals surface area contributed by atoms with Crippen LogP contribution in [0.25, 0.3) is 0 Å². The Morgan fingerprint density at radius 1 is 0.953 bits per heavy atom. The third-order valence-corrected chi connectivity index (χ3v) is 14.0. The number of allylic oxidation sites excluding steroid dienone is 2. The molecule has 13 atom stereocenters. The molecular weight excluding hydrogens is 548 g/mol. The molecule has 0 aromatic heterocycles. The first-order chi connectivity index (χ1) is 20.1. The smallest absolute Gasteiger partial charge is 0.303 e. The maximum atomic E-state index is 12.1. The van der Waals surface area contributed by atoms with Gasteiger partial charge in [0.1, 0.15) is 24.4 Å². The molecule has 5 fully saturated rings. The van der Waals surface area contributed by atoms with Crippen LogP contribution in [0.4, 0.5) is 0 Å². The second kappa shape index (κ2) is 11.0. The molecule has 0 aromatic rings. The van der Waals surface area contributed by atoms with Gasteiger partial charge in [-0.2, -0.15) is 0 Å². The second-order valence-corrected chi connectivity index (χ2v) is 17.0. The average Bonchev–Trinajstić information content (AvgIpc) is 2.94. The van der Waals surface area contributed by atoms with Gasteiger partial charge in [-0.1, -0.05) is 46.3 Å². The molecule has 43 heavy (non-hydrogen) atoms. The fraction of sp³-hybridized carbons (Fsp3) is 0.914. The van der Waals surface area contributed by atoms with Gasteiger partial charge >= 0.3 is 5.97 Å². The van der Waals surface area contributed by atoms with E-state index in [0.29, 0.717) is 36.0 Å². The monoisotopic (exact) mass is 604 g/mol. The highest BCUT2D eigenvalue weighted by Gasteiger charge is 2.62. The predicted octanol–water partition coefficient (Wildman–Crippen LogP) is 4.67. The van der Waals surface area contributed by atoms with Gasteiger partial charge in [0.05, 0.1) is 19.1 Å². The topological polar surface area (TPSA) is 137 Å². The van der Waals surface area contributed by atoms with Crippen molar-refractivity contribution in [2.75, 3.05) is 6.61 Å². The largest absolute Gasteiger partial charge is 0.481 e. The minimum Gasteiger partial charge on any atom is -0.481 e. The van der Waals surface area contributed by atoms with E-state index in [9.17, 15) is 30.3 Å². The second-order valence-electron chi connectivity index (χ2n) is 17.0. The molecule has 6 rings (SSSR count). The van der Waals surface area contributed by atoms with Gasteiger partial charge in [0, 0.05) is 0 Å². The molecule has 1 saturated heterocycles. The first-order valence-corrected chi connectivity index (χ1v) is 17.0. The summed E-state index contributed by atoms with van der Waals surface area (Å²) in [6.07, 6.45) is 6.97. The number of carboxylic acid groups (broad SMARTS) is 1. The van der Waals surface area contributed by atoms with E-state index in [0.717, 1.165) is 57.8 Å². The van der Waals surface area contributed by atoms with E-state index < -0.39 is 43.3 Å². The fourth-order valence-corrected chi connectivity index (χ4v) is 11.7. The minimum absolute atomic E-state index is 0.0839. The van der Waals surface area contributed by atoms with Crippen LogP contribution in [-0.4, -0.2) is 74.9 Å². The Morgan fingerprint density at radius 3 is 2.40 bits per heavy atom. The zero-order valence-corrected chi connectivity index (χ0v) is 26.9. The van der Waals surface area contributed by atoms with Crippen LogP contribution in [0.3, 0.4) is 0 Å². The van der Waals surface area contributed by atoms with Crippen molar-refractivity contribution >= 4 is 5.97 Å². The number of aliphatic hydroxyl groups excluding tert-OH is 4. The molecule has 1 heterocycles. The van der Waals surface area contributed by atoms with E-state index in [1.165, 1.54) is 6.42 Å². The lowest BCUT2D eigenvalue weighted by molar-refractivity contribution is -0.328. The fourth-order valence-electron chi connectivity index (χ4n) is 11.7. The zero-order chi connectivity index (χ0) is 31.1. The molecule has 0 amide bonds. The Morgan fingerprint density at radius 2 is 1.70 bits per heavy atom. The Balaban J connectivity index is 1.23. The number of rotatable bonds is 5. The molecule has 244 valence electrons. The van der Waals surface area contributed by atoms with Gasteiger partial charge in [0.2, 0.25) is 0 Å². The molecule has 5 aliphatic carbocycles. The van der Waals surface area contributed by atoms with Gasteiger partial charge in [-0.3, -0.25) is 4.79 Å². The Bertz CT molecular complexity index is 1100. The molecule has 1 aliphatic heterocycles. The zero-order valence-electron chi connectivity index (χ0n) is 26.9. The summed E-state index contributed by atoms with van der Waals surface area (Å²) in [5.74, 6) is 1.93. The highest BCUT2D eigenvalue weighted by atomic mass is 16.7. The maximum Gasteiger partial charge on any atom is 0.303 e. The lowest BCUT2D eigenvalue weighted by atomic mass is 9.40. The normalized spacial score (nSPS) is 50.3. The number of carboxylic acids is 1. The van der Waals surface area contributed by atoms with Crippen molar-refractivity contribution in [1.29, 1.82) is 0 Å². The van der Waals surface area contributed by atoms with Crippen molar-refractivity contribution in [1.82, 2.24) is 0 Å². The molecule has 4 saturated carbocycles. The lowest BCUT2D eigenvalue weighted by Gasteiger charge is -2.65. The summed E-state index contributed by atoms with van der Waals surface area (Å²) < 4.78 is 12.2. The van der Waals surface area contributed by atoms with Crippen LogP contribution in [0.5, 0.6) is 0 Å². The van der Waals surface area contributed by atoms with Gasteiger partial charge in [0.15, 0.2) is 6.29 Å². The van der Waals surface area contributed by atoms with E-state index in [2.05, 4.69) is 40.7 Å². The standard InChI is InChI=1S/C35H56O8/c1-32(2)14-15-35(17-27(37)38)13-10-19-20-7-9-25-33(3,4)26(43-31-30(41)29(40)28(39)24(18-36)42-31)11-12-34(25,5)22(20)8-6-21(19)23(35)16-32/h6,19-20,22-26,28-31,36,39-41H,7-18H2,1-5H3,(H,37,38). The Hall–Kier alpha value is -1.03. The van der Waals surface area contributed by atoms with Gasteiger partial charge in [0.25, 0.3) is 0 Å². The summed E-state index contributed by atoms with van der Waals surface area (Å²) in [7, 11) is 0. The summed E-state index contributed by atoms with van der Waals surface area (Å²) in [5, 5.41) is 50.8. The number of aliphatic hydroxyl groups is 4. The summed E-state index contributed by atoms with van der Waals surface area (Å²) >= 11 is 0. The van der Waals surface area contributed by atoms with Crippen molar-refractivity contribution < 1.29 is 39.8 Å². The summed E-state index contributed by atoms with van der Waals surface area (Å²) in [4.78, 5) is 12.1. The molecular formula is C35H56O8. The van der Waals surface area contributed by atoms with E-state index in [1.54, 1.807) is 5.57 Å². The van der Waals surface area contributed by atoms with Crippen molar-refractivity contribution in [3.63, 3.8) is 0 Å². The summed E-state index contributed by atoms with van der Waals surface area (Å²) in [6.45, 7) is 11.3. The van der Waals surface area contributed by atoms with Crippen LogP contribution in [0.2, 0.25) is 0 Å². The molecule has 0 spiro atoms. The lowest BCUT2D eigenvalue weighted by Crippen LogP contribution is -2.62. The van der Waals surface area contributed by atoms with Crippen molar-refractivity contribution in [3.05, 3.63) is 11.6 Å². The highest BCUT2D eigenvalue weighted by Crippen LogP contribution is 2.69. The quantitative estimate of drug-likeness (QED) is 0.226. The Kier molecular flexibility index (Phi) is 8.20. The van der Waals surface area contributed by atoms with E-state index in [4.69, 9.17) is 9.47 Å². The van der Waals surface area contributed by atoms with Gasteiger partial charge in [-0.15, -0.1) is 0 Å². The summed E-state index contributed by atoms with van der Waals surface area (Å²) in [5.41, 5.74) is 1.71. The van der Waals surface area contributed by atoms with Crippen LogP contribution < -0.4 is 0 Å². The molecule has 13 unspecified atom stereocenters. The minimum atomic E-state index is -1.44. The van der Waals surface area contributed by atoms with E-state index in [-0.39, 0.29) is 27.8 Å². The molecule has 8 heteroatoms. The number of hydrogen-bond acceptors (Lipinski definition) is 7. The van der Waals surface area contributed by atoms with E-state index in [1.807, 2.05) is 0 Å². The average molecular weight is 605 g/mol. The van der Waals surface area contributed by atoms with Crippen LogP contribution in [-0.2, 0) is 14.3 Å². The first kappa shape index (κ1) is 31.9. The van der Waals surface area contributed by atoms with Crippen LogP contribution in [0, 0.1) is 51.2 Å². The number of carbonyl (C=O) groups is 1. The van der Waals surface area contributed by atoms with Crippen LogP contribution in [0.15, 0.2) is 11.6 Å². The molecule has 6 aliphatic rings. The van der Waals surface area contributed by atoms with Crippen molar-refractivity contribution in [3.8, 4) is 0 Å². The number of hydrogen-bond donors (Lipinski definition) is 5. The van der Waals surface area contributed by atoms with Gasteiger partial charge in [-0.25, -0.2) is 0 Å². The summed E-state index contributed by atoms with van der Waals surface area (Å²) in [6, 6.07) is 0. The van der Waals surface area contributed by atoms with Gasteiger partial charge in [-0.05, 0) is 115 Å². The predicted molar refractivity (Wildman–Crippen MR) is 161 cm³/mol. The highest BCUT2D eigenvalue weighted by molar-refractivity contribution is 5.68. The number of aliphatic carboxylic acids is 1. The number of fused-ring (bicyclic) bond motifs is 7. The molecule has 0 aromatic carbocycles. The van der Waals surface area contributed by atoms with Crippen LogP contribution >= 0.6 is 0 Å². The first-order valence-electron chi connectivity index (χ1n) is 17.0. The van der Waals surface area contributed by atoms with Crippen molar-refractivity contribution in [2.24, 2.45) is 51.2 Å². The third-order valence-electron chi connectivity index (χ3n) is 14.0. The van der Waals surface area contributed by atoms with E-state index >= 15 is 0 Å². The van der Waals surface area contributed by atoms with Crippen LogP contribution in [0.1, 0.15) is 105 Å². The SMILES string of the molecule is CC1(C)CCC2(CC(=O)O)CCC3C(=CCC4C3CCC3C(C)(C)C(OC5OC(CO)C(O)C(O)C5O)CCC43C)C2C1. The molecule has 0 bridgehead atoms. The third kappa shape index (κ3) is 5.14. The van der Waals surface area contributed by atoms with Crippen molar-refractivity contribution in [2.45, 2.75) is 142 Å². The molecule has 0 radical (unpaired) electrons. The Labute approximate surface area is 257 Å². The number of ether oxygens (including phenoxy) is 2. The van der Waals surface area contributed by atoms with Gasteiger partial charge < -0.3 is 35.0 Å². The molecule has 5 N–H and O–H groups in total. The maximum absolute atomic E-state index is 12.1.